The maximum absolute atomic E-state index is 9.45. The van der Waals surface area contributed by atoms with Crippen LogP contribution in [0.1, 0.15) is 29.2 Å². The van der Waals surface area contributed by atoms with Crippen LogP contribution in [0.2, 0.25) is 0 Å². The number of hydrogen-bond donors (Lipinski definition) is 2. The van der Waals surface area contributed by atoms with Crippen LogP contribution in [0.4, 0.5) is 5.69 Å². The first-order valence-electron chi connectivity index (χ1n) is 6.48. The zero-order valence-corrected chi connectivity index (χ0v) is 12.4. The van der Waals surface area contributed by atoms with Crippen molar-refractivity contribution in [1.82, 2.24) is 0 Å². The topological polar surface area (TPSA) is 32.3 Å². The van der Waals surface area contributed by atoms with Crippen LogP contribution in [-0.2, 0) is 6.42 Å². The number of rotatable bonds is 2. The van der Waals surface area contributed by atoms with Crippen molar-refractivity contribution in [3.8, 4) is 5.75 Å². The highest BCUT2D eigenvalue weighted by atomic mass is 79.9. The van der Waals surface area contributed by atoms with Crippen LogP contribution >= 0.6 is 15.9 Å². The third kappa shape index (κ3) is 2.47. The molecule has 2 N–H and O–H groups in total. The monoisotopic (exact) mass is 317 g/mol. The molecule has 0 amide bonds. The van der Waals surface area contributed by atoms with E-state index in [0.717, 1.165) is 28.6 Å². The summed E-state index contributed by atoms with van der Waals surface area (Å²) < 4.78 is 1.15. The van der Waals surface area contributed by atoms with Crippen molar-refractivity contribution in [2.24, 2.45) is 0 Å². The van der Waals surface area contributed by atoms with Gasteiger partial charge in [-0.3, -0.25) is 0 Å². The van der Waals surface area contributed by atoms with Crippen molar-refractivity contribution in [2.45, 2.75) is 25.8 Å². The maximum Gasteiger partial charge on any atom is 0.115 e. The molecule has 0 radical (unpaired) electrons. The second-order valence-electron chi connectivity index (χ2n) is 5.08. The fourth-order valence-corrected chi connectivity index (χ4v) is 3.14. The molecule has 2 aromatic carbocycles. The summed E-state index contributed by atoms with van der Waals surface area (Å²) in [5.74, 6) is 0.318. The molecular weight excluding hydrogens is 302 g/mol. The first kappa shape index (κ1) is 12.5. The Morgan fingerprint density at radius 1 is 1.21 bits per heavy atom. The van der Waals surface area contributed by atoms with E-state index >= 15 is 0 Å². The minimum absolute atomic E-state index is 0.318. The van der Waals surface area contributed by atoms with Crippen molar-refractivity contribution >= 4 is 21.6 Å². The molecule has 98 valence electrons. The SMILES string of the molecule is Cc1cc(O)ccc1NC1CCc2cc(Br)ccc21. The Hall–Kier alpha value is -1.48. The van der Waals surface area contributed by atoms with Crippen LogP contribution in [-0.4, -0.2) is 5.11 Å². The first-order chi connectivity index (χ1) is 9.13. The van der Waals surface area contributed by atoms with Crippen molar-refractivity contribution in [3.05, 3.63) is 57.6 Å². The van der Waals surface area contributed by atoms with Gasteiger partial charge in [0.1, 0.15) is 5.75 Å². The lowest BCUT2D eigenvalue weighted by atomic mass is 10.1. The molecule has 1 unspecified atom stereocenters. The number of halogens is 1. The summed E-state index contributed by atoms with van der Waals surface area (Å²) in [6, 6.07) is 12.3. The minimum Gasteiger partial charge on any atom is -0.508 e. The Morgan fingerprint density at radius 2 is 2.05 bits per heavy atom. The molecule has 2 aromatic rings. The van der Waals surface area contributed by atoms with Gasteiger partial charge in [0.05, 0.1) is 6.04 Å². The third-order valence-electron chi connectivity index (χ3n) is 3.72. The van der Waals surface area contributed by atoms with Gasteiger partial charge in [-0.1, -0.05) is 22.0 Å². The van der Waals surface area contributed by atoms with E-state index in [4.69, 9.17) is 0 Å². The standard InChI is InChI=1S/C16H16BrNO/c1-10-8-13(19)4-7-15(10)18-16-6-2-11-9-12(17)3-5-14(11)16/h3-5,7-9,16,18-19H,2,6H2,1H3. The molecule has 0 spiro atoms. The van der Waals surface area contributed by atoms with E-state index in [2.05, 4.69) is 39.4 Å². The van der Waals surface area contributed by atoms with Gasteiger partial charge in [0.15, 0.2) is 0 Å². The number of aryl methyl sites for hydroxylation is 2. The molecule has 0 fully saturated rings. The van der Waals surface area contributed by atoms with Crippen molar-refractivity contribution < 1.29 is 5.11 Å². The number of phenols is 1. The second-order valence-corrected chi connectivity index (χ2v) is 5.99. The summed E-state index contributed by atoms with van der Waals surface area (Å²) in [6.07, 6.45) is 2.23. The fourth-order valence-electron chi connectivity index (χ4n) is 2.73. The van der Waals surface area contributed by atoms with Gasteiger partial charge in [0.2, 0.25) is 0 Å². The Bertz CT molecular complexity index is 624. The lowest BCUT2D eigenvalue weighted by Gasteiger charge is -2.17. The molecular formula is C16H16BrNO. The number of anilines is 1. The molecule has 1 atom stereocenters. The normalized spacial score (nSPS) is 17.3. The number of phenolic OH excluding ortho intramolecular Hbond substituents is 1. The Kier molecular flexibility index (Phi) is 3.23. The van der Waals surface area contributed by atoms with Crippen LogP contribution < -0.4 is 5.32 Å². The van der Waals surface area contributed by atoms with E-state index in [1.54, 1.807) is 12.1 Å². The lowest BCUT2D eigenvalue weighted by molar-refractivity contribution is 0.475. The van der Waals surface area contributed by atoms with E-state index < -0.39 is 0 Å². The lowest BCUT2D eigenvalue weighted by Crippen LogP contribution is -2.08. The van der Waals surface area contributed by atoms with E-state index in [1.807, 2.05) is 13.0 Å². The van der Waals surface area contributed by atoms with E-state index in [1.165, 1.54) is 11.1 Å². The van der Waals surface area contributed by atoms with Gasteiger partial charge in [0.25, 0.3) is 0 Å². The number of fused-ring (bicyclic) bond motifs is 1. The highest BCUT2D eigenvalue weighted by molar-refractivity contribution is 9.10. The highest BCUT2D eigenvalue weighted by Gasteiger charge is 2.22. The fraction of sp³-hybridized carbons (Fsp3) is 0.250. The van der Waals surface area contributed by atoms with Gasteiger partial charge < -0.3 is 10.4 Å². The number of benzene rings is 2. The summed E-state index contributed by atoms with van der Waals surface area (Å²) in [4.78, 5) is 0. The molecule has 19 heavy (non-hydrogen) atoms. The predicted octanol–water partition coefficient (Wildman–Crippen LogP) is 4.56. The van der Waals surface area contributed by atoms with Crippen LogP contribution in [0.25, 0.3) is 0 Å². The van der Waals surface area contributed by atoms with Gasteiger partial charge in [0, 0.05) is 10.2 Å². The molecule has 1 aliphatic rings. The molecule has 1 aliphatic carbocycles. The number of nitrogens with one attached hydrogen (secondary N) is 1. The molecule has 0 aliphatic heterocycles. The van der Waals surface area contributed by atoms with Crippen LogP contribution in [0.15, 0.2) is 40.9 Å². The Balaban J connectivity index is 1.86. The van der Waals surface area contributed by atoms with Crippen molar-refractivity contribution in [3.63, 3.8) is 0 Å². The second kappa shape index (κ2) is 4.89. The molecule has 3 rings (SSSR count). The summed E-state index contributed by atoms with van der Waals surface area (Å²) in [6.45, 7) is 2.01. The molecule has 3 heteroatoms. The predicted molar refractivity (Wildman–Crippen MR) is 81.7 cm³/mol. The zero-order chi connectivity index (χ0) is 13.4. The van der Waals surface area contributed by atoms with E-state index in [0.29, 0.717) is 11.8 Å². The molecule has 0 saturated carbocycles. The van der Waals surface area contributed by atoms with Crippen LogP contribution in [0, 0.1) is 6.92 Å². The van der Waals surface area contributed by atoms with Gasteiger partial charge in [-0.15, -0.1) is 0 Å². The van der Waals surface area contributed by atoms with Gasteiger partial charge in [-0.2, -0.15) is 0 Å². The summed E-state index contributed by atoms with van der Waals surface area (Å²) in [5.41, 5.74) is 4.98. The van der Waals surface area contributed by atoms with Gasteiger partial charge in [-0.05, 0) is 66.8 Å². The van der Waals surface area contributed by atoms with E-state index in [9.17, 15) is 5.11 Å². The van der Waals surface area contributed by atoms with Crippen LogP contribution in [0.3, 0.4) is 0 Å². The maximum atomic E-state index is 9.45. The number of aromatic hydroxyl groups is 1. The summed E-state index contributed by atoms with van der Waals surface area (Å²) in [7, 11) is 0. The van der Waals surface area contributed by atoms with Crippen molar-refractivity contribution in [1.29, 1.82) is 0 Å². The Labute approximate surface area is 121 Å². The smallest absolute Gasteiger partial charge is 0.115 e. The average Bonchev–Trinajstić information content (AvgIpc) is 2.75. The molecule has 0 bridgehead atoms. The largest absolute Gasteiger partial charge is 0.508 e. The minimum atomic E-state index is 0.318. The van der Waals surface area contributed by atoms with Gasteiger partial charge >= 0.3 is 0 Å². The zero-order valence-electron chi connectivity index (χ0n) is 10.8. The quantitative estimate of drug-likeness (QED) is 0.796. The summed E-state index contributed by atoms with van der Waals surface area (Å²) >= 11 is 3.52. The van der Waals surface area contributed by atoms with Gasteiger partial charge in [-0.25, -0.2) is 0 Å². The molecule has 2 nitrogen and oxygen atoms in total. The third-order valence-corrected chi connectivity index (χ3v) is 4.22. The molecule has 0 saturated heterocycles. The molecule has 0 heterocycles. The molecule has 0 aromatic heterocycles. The average molecular weight is 318 g/mol. The highest BCUT2D eigenvalue weighted by Crippen LogP contribution is 2.36. The van der Waals surface area contributed by atoms with E-state index in [-0.39, 0.29) is 0 Å². The first-order valence-corrected chi connectivity index (χ1v) is 7.27. The van der Waals surface area contributed by atoms with Crippen LogP contribution in [0.5, 0.6) is 5.75 Å². The Morgan fingerprint density at radius 3 is 2.84 bits per heavy atom. The number of hydrogen-bond acceptors (Lipinski definition) is 2. The van der Waals surface area contributed by atoms with Crippen molar-refractivity contribution in [2.75, 3.05) is 5.32 Å². The summed E-state index contributed by atoms with van der Waals surface area (Å²) in [5, 5.41) is 13.0.